The Labute approximate surface area is 163 Å². The molecule has 0 saturated carbocycles. The molecule has 0 unspecified atom stereocenters. The van der Waals surface area contributed by atoms with E-state index >= 15 is 0 Å². The van der Waals surface area contributed by atoms with Crippen molar-refractivity contribution in [2.24, 2.45) is 0 Å². The normalized spacial score (nSPS) is 12.7. The zero-order valence-electron chi connectivity index (χ0n) is 15.8. The summed E-state index contributed by atoms with van der Waals surface area (Å²) < 4.78 is 27.3. The fraction of sp³-hybridized carbons (Fsp3) is 0.211. The summed E-state index contributed by atoms with van der Waals surface area (Å²) in [6, 6.07) is 13.3. The fourth-order valence-electron chi connectivity index (χ4n) is 2.63. The first kappa shape index (κ1) is 19.7. The summed E-state index contributed by atoms with van der Waals surface area (Å²) in [5.74, 6) is -0.344. The average molecular weight is 399 g/mol. The first-order chi connectivity index (χ1) is 13.3. The molecule has 0 aliphatic carbocycles. The van der Waals surface area contributed by atoms with Gasteiger partial charge in [-0.1, -0.05) is 18.2 Å². The van der Waals surface area contributed by atoms with E-state index in [9.17, 15) is 13.2 Å². The quantitative estimate of drug-likeness (QED) is 0.684. The lowest BCUT2D eigenvalue weighted by Crippen LogP contribution is -2.27. The number of hydrogen-bond acceptors (Lipinski definition) is 5. The number of benzene rings is 2. The minimum Gasteiger partial charge on any atom is -0.346 e. The Hall–Kier alpha value is -3.04. The van der Waals surface area contributed by atoms with E-state index in [1.165, 1.54) is 32.6 Å². The second kappa shape index (κ2) is 7.91. The highest BCUT2D eigenvalue weighted by Gasteiger charge is 2.19. The highest BCUT2D eigenvalue weighted by atomic mass is 32.2. The topological polar surface area (TPSA) is 97.2 Å². The number of carbonyl (C=O) groups is 1. The van der Waals surface area contributed by atoms with Crippen LogP contribution in [0.4, 0.5) is 0 Å². The summed E-state index contributed by atoms with van der Waals surface area (Å²) in [4.78, 5) is 16.6. The van der Waals surface area contributed by atoms with Gasteiger partial charge in [-0.3, -0.25) is 4.79 Å². The maximum atomic E-state index is 12.6. The van der Waals surface area contributed by atoms with Crippen LogP contribution < -0.4 is 5.32 Å². The number of rotatable bonds is 6. The molecule has 3 aromatic rings. The van der Waals surface area contributed by atoms with Crippen LogP contribution in [0.5, 0.6) is 0 Å². The standard InChI is InChI=1S/C19H21N5O3S/c1-14(15-7-9-17(10-8-15)24-13-20-12-21-24)22-19(25)16-5-4-6-18(11-16)28(26,27)23(2)3/h4-14H,1-3H3,(H,22,25)/t14-/m0/s1. The molecule has 0 bridgehead atoms. The van der Waals surface area contributed by atoms with Gasteiger partial charge in [-0.15, -0.1) is 0 Å². The molecule has 2 aromatic carbocycles. The SMILES string of the molecule is C[C@H](NC(=O)c1cccc(S(=O)(=O)N(C)C)c1)c1ccc(-n2cncn2)cc1. The van der Waals surface area contributed by atoms with E-state index < -0.39 is 10.0 Å². The first-order valence-corrected chi connectivity index (χ1v) is 10.0. The van der Waals surface area contributed by atoms with Gasteiger partial charge in [-0.2, -0.15) is 5.10 Å². The largest absolute Gasteiger partial charge is 0.346 e. The lowest BCUT2D eigenvalue weighted by atomic mass is 10.1. The lowest BCUT2D eigenvalue weighted by Gasteiger charge is -2.16. The molecular formula is C19H21N5O3S. The van der Waals surface area contributed by atoms with E-state index in [0.717, 1.165) is 15.6 Å². The Morgan fingerprint density at radius 3 is 2.46 bits per heavy atom. The van der Waals surface area contributed by atoms with Crippen molar-refractivity contribution in [3.05, 3.63) is 72.3 Å². The number of sulfonamides is 1. The Balaban J connectivity index is 1.74. The van der Waals surface area contributed by atoms with Crippen LogP contribution in [0.25, 0.3) is 5.69 Å². The monoisotopic (exact) mass is 399 g/mol. The molecule has 1 N–H and O–H groups in total. The minimum atomic E-state index is -3.60. The van der Waals surface area contributed by atoms with Gasteiger partial charge in [0.2, 0.25) is 10.0 Å². The van der Waals surface area contributed by atoms with E-state index in [4.69, 9.17) is 0 Å². The second-order valence-electron chi connectivity index (χ2n) is 6.44. The van der Waals surface area contributed by atoms with Crippen molar-refractivity contribution in [1.29, 1.82) is 0 Å². The lowest BCUT2D eigenvalue weighted by molar-refractivity contribution is 0.0939. The van der Waals surface area contributed by atoms with Gasteiger partial charge in [0.1, 0.15) is 12.7 Å². The molecule has 0 fully saturated rings. The maximum absolute atomic E-state index is 12.6. The Bertz CT molecular complexity index is 1060. The Kier molecular flexibility index (Phi) is 5.57. The van der Waals surface area contributed by atoms with E-state index in [-0.39, 0.29) is 22.4 Å². The molecule has 3 rings (SSSR count). The summed E-state index contributed by atoms with van der Waals surface area (Å²) in [6.45, 7) is 1.86. The van der Waals surface area contributed by atoms with Crippen LogP contribution in [-0.4, -0.2) is 47.5 Å². The number of amides is 1. The van der Waals surface area contributed by atoms with Crippen LogP contribution in [0, 0.1) is 0 Å². The molecule has 1 heterocycles. The van der Waals surface area contributed by atoms with Crippen molar-refractivity contribution in [2.45, 2.75) is 17.9 Å². The molecule has 9 heteroatoms. The van der Waals surface area contributed by atoms with Crippen LogP contribution in [0.2, 0.25) is 0 Å². The van der Waals surface area contributed by atoms with E-state index in [1.54, 1.807) is 23.1 Å². The number of hydrogen-bond donors (Lipinski definition) is 1. The van der Waals surface area contributed by atoms with Gasteiger partial charge >= 0.3 is 0 Å². The molecule has 0 aliphatic rings. The van der Waals surface area contributed by atoms with Gasteiger partial charge < -0.3 is 5.32 Å². The highest BCUT2D eigenvalue weighted by Crippen LogP contribution is 2.18. The van der Waals surface area contributed by atoms with Gasteiger partial charge in [0, 0.05) is 19.7 Å². The molecule has 0 aliphatic heterocycles. The zero-order chi connectivity index (χ0) is 20.3. The van der Waals surface area contributed by atoms with Crippen molar-refractivity contribution >= 4 is 15.9 Å². The van der Waals surface area contributed by atoms with Crippen LogP contribution in [-0.2, 0) is 10.0 Å². The van der Waals surface area contributed by atoms with Crippen molar-refractivity contribution in [3.63, 3.8) is 0 Å². The zero-order valence-corrected chi connectivity index (χ0v) is 16.6. The summed E-state index contributed by atoms with van der Waals surface area (Å²) in [6.07, 6.45) is 3.07. The molecule has 1 atom stereocenters. The Morgan fingerprint density at radius 1 is 1.14 bits per heavy atom. The predicted molar refractivity (Wildman–Crippen MR) is 105 cm³/mol. The third-order valence-electron chi connectivity index (χ3n) is 4.30. The van der Waals surface area contributed by atoms with Crippen molar-refractivity contribution in [3.8, 4) is 5.69 Å². The molecule has 0 radical (unpaired) electrons. The highest BCUT2D eigenvalue weighted by molar-refractivity contribution is 7.89. The smallest absolute Gasteiger partial charge is 0.251 e. The summed E-state index contributed by atoms with van der Waals surface area (Å²) in [5.41, 5.74) is 2.06. The number of aromatic nitrogens is 3. The molecule has 146 valence electrons. The van der Waals surface area contributed by atoms with Crippen LogP contribution in [0.15, 0.2) is 66.1 Å². The summed E-state index contributed by atoms with van der Waals surface area (Å²) in [5, 5.41) is 6.97. The van der Waals surface area contributed by atoms with Crippen molar-refractivity contribution in [1.82, 2.24) is 24.4 Å². The van der Waals surface area contributed by atoms with Gasteiger partial charge in [0.25, 0.3) is 5.91 Å². The van der Waals surface area contributed by atoms with Gasteiger partial charge in [0.05, 0.1) is 16.6 Å². The maximum Gasteiger partial charge on any atom is 0.251 e. The van der Waals surface area contributed by atoms with Crippen molar-refractivity contribution < 1.29 is 13.2 Å². The third-order valence-corrected chi connectivity index (χ3v) is 6.11. The third kappa shape index (κ3) is 4.10. The molecule has 28 heavy (non-hydrogen) atoms. The molecule has 8 nitrogen and oxygen atoms in total. The van der Waals surface area contributed by atoms with E-state index in [2.05, 4.69) is 15.4 Å². The molecular weight excluding hydrogens is 378 g/mol. The second-order valence-corrected chi connectivity index (χ2v) is 8.59. The molecule has 0 saturated heterocycles. The van der Waals surface area contributed by atoms with E-state index in [1.807, 2.05) is 31.2 Å². The summed E-state index contributed by atoms with van der Waals surface area (Å²) in [7, 11) is -0.697. The van der Waals surface area contributed by atoms with Gasteiger partial charge in [-0.05, 0) is 42.8 Å². The van der Waals surface area contributed by atoms with Crippen LogP contribution >= 0.6 is 0 Å². The minimum absolute atomic E-state index is 0.0787. The van der Waals surface area contributed by atoms with Crippen LogP contribution in [0.3, 0.4) is 0 Å². The first-order valence-electron chi connectivity index (χ1n) is 8.57. The van der Waals surface area contributed by atoms with Crippen LogP contribution in [0.1, 0.15) is 28.9 Å². The number of carbonyl (C=O) groups excluding carboxylic acids is 1. The summed E-state index contributed by atoms with van der Waals surface area (Å²) >= 11 is 0. The Morgan fingerprint density at radius 2 is 1.86 bits per heavy atom. The number of nitrogens with one attached hydrogen (secondary N) is 1. The van der Waals surface area contributed by atoms with E-state index in [0.29, 0.717) is 0 Å². The molecule has 1 amide bonds. The molecule has 1 aromatic heterocycles. The number of nitrogens with zero attached hydrogens (tertiary/aromatic N) is 4. The average Bonchev–Trinajstić information content (AvgIpc) is 3.23. The fourth-order valence-corrected chi connectivity index (χ4v) is 3.58. The van der Waals surface area contributed by atoms with Gasteiger partial charge in [-0.25, -0.2) is 22.4 Å². The van der Waals surface area contributed by atoms with Gasteiger partial charge in [0.15, 0.2) is 0 Å². The molecule has 0 spiro atoms. The van der Waals surface area contributed by atoms with Crippen molar-refractivity contribution in [2.75, 3.05) is 14.1 Å². The predicted octanol–water partition coefficient (Wildman–Crippen LogP) is 2.01.